The molecule has 0 unspecified atom stereocenters. The van der Waals surface area contributed by atoms with Crippen molar-refractivity contribution in [1.82, 2.24) is 0 Å². The number of benzene rings is 3. The Morgan fingerprint density at radius 1 is 0.606 bits per heavy atom. The standard InChI is InChI=1S/C42H46O24/c43-11-24-32(53)36(57)40(66-27(50)6-2-14-1-5-20(17(47)7-14)62-41-37(58)34(55)30(51)25(12-44)64-41)39(61-24)29-19(49)10-23-28(33(29)54)18(48)9-21(60-23)15-3-4-16(46)22(8-15)63-42-38(59)35(56)31(52)26(13-45)65-42/h1-10,24-26,30-32,34-47,49,51-59H,11-13H2/t24-,25-,26-,30-,31-,32-,34+,35+,36+,37-,38-,39+,40-,41-,42-/m1/s1. The summed E-state index contributed by atoms with van der Waals surface area (Å²) < 4.78 is 38.6. The number of ether oxygens (including phenoxy) is 6. The number of phenolic OH excluding ortho intramolecular Hbond substituents is 4. The molecule has 0 radical (unpaired) electrons. The summed E-state index contributed by atoms with van der Waals surface area (Å²) in [7, 11) is 0. The number of aliphatic hydroxyl groups is 11. The molecule has 7 rings (SSSR count). The van der Waals surface area contributed by atoms with Crippen molar-refractivity contribution >= 4 is 23.0 Å². The van der Waals surface area contributed by atoms with Gasteiger partial charge >= 0.3 is 5.97 Å². The molecule has 24 heteroatoms. The first kappa shape index (κ1) is 48.3. The van der Waals surface area contributed by atoms with E-state index in [1.807, 2.05) is 0 Å². The smallest absolute Gasteiger partial charge is 0.331 e. The molecule has 24 nitrogen and oxygen atoms in total. The lowest BCUT2D eigenvalue weighted by molar-refractivity contribution is -0.277. The summed E-state index contributed by atoms with van der Waals surface area (Å²) in [6.07, 6.45) is -23.8. The van der Waals surface area contributed by atoms with E-state index in [-0.39, 0.29) is 28.4 Å². The lowest BCUT2D eigenvalue weighted by Gasteiger charge is -2.42. The highest BCUT2D eigenvalue weighted by Gasteiger charge is 2.50. The van der Waals surface area contributed by atoms with Crippen LogP contribution >= 0.6 is 0 Å². The van der Waals surface area contributed by atoms with Gasteiger partial charge in [-0.05, 0) is 42.0 Å². The van der Waals surface area contributed by atoms with E-state index in [4.69, 9.17) is 32.8 Å². The van der Waals surface area contributed by atoms with Crippen LogP contribution in [-0.4, -0.2) is 188 Å². The minimum atomic E-state index is -2.04. The van der Waals surface area contributed by atoms with Gasteiger partial charge in [-0.2, -0.15) is 0 Å². The SMILES string of the molecule is O=C(C=Cc1ccc(O[C@@H]2O[C@H](CO)[C@@H](O)[C@H](O)[C@H]2O)c(O)c1)O[C@@H]1[C@@H](O)[C@H](O)[C@@H](CO)O[C@H]1c1c(O)cc2oc(-c3ccc(O)c(O[C@@H]4O[C@H](CO)[C@@H](O)[C@H](O)[C@H]4O)c3)cc(=O)c2c1O. The monoisotopic (exact) mass is 934 g/mol. The van der Waals surface area contributed by atoms with E-state index in [9.17, 15) is 86.2 Å². The number of fused-ring (bicyclic) bond motifs is 1. The summed E-state index contributed by atoms with van der Waals surface area (Å²) in [5, 5.41) is 155. The second kappa shape index (κ2) is 19.7. The van der Waals surface area contributed by atoms with Gasteiger partial charge in [0.15, 0.2) is 34.5 Å². The fraction of sp³-hybridized carbons (Fsp3) is 0.429. The minimum absolute atomic E-state index is 0.0422. The van der Waals surface area contributed by atoms with Crippen LogP contribution in [0.3, 0.4) is 0 Å². The molecule has 4 aromatic rings. The molecular formula is C42H46O24. The molecular weight excluding hydrogens is 888 g/mol. The van der Waals surface area contributed by atoms with Gasteiger partial charge in [0.05, 0.1) is 25.4 Å². The van der Waals surface area contributed by atoms with E-state index < -0.39 is 163 Å². The van der Waals surface area contributed by atoms with Crippen LogP contribution in [0.1, 0.15) is 17.2 Å². The summed E-state index contributed by atoms with van der Waals surface area (Å²) in [6, 6.07) is 8.92. The molecule has 3 fully saturated rings. The summed E-state index contributed by atoms with van der Waals surface area (Å²) in [4.78, 5) is 26.9. The van der Waals surface area contributed by atoms with E-state index in [1.54, 1.807) is 0 Å². The van der Waals surface area contributed by atoms with Crippen molar-refractivity contribution in [2.75, 3.05) is 19.8 Å². The molecule has 3 saturated heterocycles. The van der Waals surface area contributed by atoms with Gasteiger partial charge in [-0.3, -0.25) is 4.79 Å². The van der Waals surface area contributed by atoms with Crippen LogP contribution in [0.5, 0.6) is 34.5 Å². The zero-order valence-electron chi connectivity index (χ0n) is 33.9. The van der Waals surface area contributed by atoms with Gasteiger partial charge in [0.25, 0.3) is 0 Å². The lowest BCUT2D eigenvalue weighted by Crippen LogP contribution is -2.60. The summed E-state index contributed by atoms with van der Waals surface area (Å²) in [6.45, 7) is -2.40. The Balaban J connectivity index is 1.12. The van der Waals surface area contributed by atoms with Crippen molar-refractivity contribution in [1.29, 1.82) is 0 Å². The largest absolute Gasteiger partial charge is 0.507 e. The van der Waals surface area contributed by atoms with E-state index in [2.05, 4.69) is 0 Å². The maximum Gasteiger partial charge on any atom is 0.331 e. The van der Waals surface area contributed by atoms with Crippen molar-refractivity contribution in [3.63, 3.8) is 0 Å². The van der Waals surface area contributed by atoms with Crippen LogP contribution in [0.25, 0.3) is 28.4 Å². The molecule has 0 bridgehead atoms. The van der Waals surface area contributed by atoms with Gasteiger partial charge in [-0.25, -0.2) is 4.79 Å². The molecule has 3 aliphatic rings. The van der Waals surface area contributed by atoms with Gasteiger partial charge < -0.3 is 109 Å². The average molecular weight is 935 g/mol. The van der Waals surface area contributed by atoms with E-state index in [0.717, 1.165) is 42.5 Å². The Kier molecular flexibility index (Phi) is 14.4. The Morgan fingerprint density at radius 3 is 1.77 bits per heavy atom. The lowest BCUT2D eigenvalue weighted by atomic mass is 9.89. The molecule has 1 aromatic heterocycles. The first-order chi connectivity index (χ1) is 31.4. The van der Waals surface area contributed by atoms with Crippen LogP contribution in [-0.2, 0) is 23.7 Å². The third-order valence-electron chi connectivity index (χ3n) is 11.2. The van der Waals surface area contributed by atoms with Gasteiger partial charge in [0.2, 0.25) is 12.6 Å². The number of hydrogen-bond acceptors (Lipinski definition) is 24. The van der Waals surface area contributed by atoms with Crippen molar-refractivity contribution in [2.24, 2.45) is 0 Å². The molecule has 0 aliphatic carbocycles. The van der Waals surface area contributed by atoms with Crippen molar-refractivity contribution in [2.45, 2.75) is 91.9 Å². The van der Waals surface area contributed by atoms with Gasteiger partial charge in [0.1, 0.15) is 101 Å². The topological polar surface area (TPSA) is 406 Å². The van der Waals surface area contributed by atoms with Crippen LogP contribution in [0.4, 0.5) is 0 Å². The maximum atomic E-state index is 13.7. The number of hydrogen-bond donors (Lipinski definition) is 15. The Hall–Kier alpha value is -5.68. The minimum Gasteiger partial charge on any atom is -0.507 e. The second-order valence-corrected chi connectivity index (χ2v) is 15.5. The van der Waals surface area contributed by atoms with Crippen LogP contribution < -0.4 is 14.9 Å². The summed E-state index contributed by atoms with van der Waals surface area (Å²) in [5.74, 6) is -4.98. The Morgan fingerprint density at radius 2 is 1.18 bits per heavy atom. The number of esters is 1. The highest BCUT2D eigenvalue weighted by atomic mass is 16.7. The molecule has 66 heavy (non-hydrogen) atoms. The Bertz CT molecular complexity index is 2470. The molecule has 0 saturated carbocycles. The number of phenols is 4. The van der Waals surface area contributed by atoms with Crippen LogP contribution in [0.2, 0.25) is 0 Å². The third-order valence-corrected chi connectivity index (χ3v) is 11.2. The zero-order valence-corrected chi connectivity index (χ0v) is 33.9. The molecule has 3 aliphatic heterocycles. The van der Waals surface area contributed by atoms with E-state index in [0.29, 0.717) is 0 Å². The Labute approximate surface area is 370 Å². The van der Waals surface area contributed by atoms with Gasteiger partial charge in [-0.15, -0.1) is 0 Å². The molecule has 0 spiro atoms. The van der Waals surface area contributed by atoms with Crippen molar-refractivity contribution in [3.05, 3.63) is 76.0 Å². The molecule has 15 atom stereocenters. The average Bonchev–Trinajstić information content (AvgIpc) is 3.29. The number of rotatable bonds is 12. The molecule has 0 amide bonds. The van der Waals surface area contributed by atoms with Crippen molar-refractivity contribution in [3.8, 4) is 45.8 Å². The van der Waals surface area contributed by atoms with Gasteiger partial charge in [0, 0.05) is 23.8 Å². The van der Waals surface area contributed by atoms with E-state index >= 15 is 0 Å². The fourth-order valence-electron chi connectivity index (χ4n) is 7.60. The normalized spacial score (nSPS) is 32.6. The number of carbonyl (C=O) groups is 1. The van der Waals surface area contributed by atoms with Crippen LogP contribution in [0.15, 0.2) is 63.8 Å². The predicted octanol–water partition coefficient (Wildman–Crippen LogP) is -3.58. The van der Waals surface area contributed by atoms with E-state index in [1.165, 1.54) is 18.2 Å². The highest BCUT2D eigenvalue weighted by molar-refractivity contribution is 5.89. The van der Waals surface area contributed by atoms with Gasteiger partial charge in [-0.1, -0.05) is 6.07 Å². The number of carbonyl (C=O) groups excluding carboxylic acids is 1. The van der Waals surface area contributed by atoms with Crippen molar-refractivity contribution < 1.29 is 114 Å². The highest BCUT2D eigenvalue weighted by Crippen LogP contribution is 2.46. The molecule has 358 valence electrons. The first-order valence-electron chi connectivity index (χ1n) is 20.0. The number of aliphatic hydroxyl groups excluding tert-OH is 11. The van der Waals surface area contributed by atoms with Crippen LogP contribution in [0, 0.1) is 0 Å². The number of aromatic hydroxyl groups is 4. The quantitative estimate of drug-likeness (QED) is 0.0482. The third kappa shape index (κ3) is 9.33. The fourth-order valence-corrected chi connectivity index (χ4v) is 7.60. The second-order valence-electron chi connectivity index (χ2n) is 15.5. The maximum absolute atomic E-state index is 13.7. The summed E-state index contributed by atoms with van der Waals surface area (Å²) in [5.41, 5.74) is -1.81. The molecule has 4 heterocycles. The predicted molar refractivity (Wildman–Crippen MR) is 215 cm³/mol. The summed E-state index contributed by atoms with van der Waals surface area (Å²) >= 11 is 0. The zero-order chi connectivity index (χ0) is 47.9. The molecule has 3 aromatic carbocycles. The molecule has 15 N–H and O–H groups in total. The first-order valence-corrected chi connectivity index (χ1v) is 20.0.